The number of carbonyl (C=O) groups excluding carboxylic acids is 1. The summed E-state index contributed by atoms with van der Waals surface area (Å²) >= 11 is 0. The van der Waals surface area contributed by atoms with Crippen molar-refractivity contribution in [1.29, 1.82) is 0 Å². The molecule has 94 valence electrons. The molecule has 0 unspecified atom stereocenters. The van der Waals surface area contributed by atoms with Gasteiger partial charge < -0.3 is 10.1 Å². The number of hydrogen-bond donors (Lipinski definition) is 1. The van der Waals surface area contributed by atoms with Gasteiger partial charge in [0.2, 0.25) is 5.91 Å². The summed E-state index contributed by atoms with van der Waals surface area (Å²) in [5.41, 5.74) is 2.45. The Morgan fingerprint density at radius 1 is 1.33 bits per heavy atom. The number of hydrogen-bond acceptors (Lipinski definition) is 3. The van der Waals surface area contributed by atoms with E-state index in [0.717, 1.165) is 30.5 Å². The monoisotopic (exact) mass is 244 g/mol. The summed E-state index contributed by atoms with van der Waals surface area (Å²) in [5, 5.41) is 12.5. The normalized spacial score (nSPS) is 21.6. The fourth-order valence-corrected chi connectivity index (χ4v) is 2.50. The quantitative estimate of drug-likeness (QED) is 0.609. The number of fused-ring (bicyclic) bond motifs is 1. The van der Waals surface area contributed by atoms with Crippen molar-refractivity contribution in [2.75, 3.05) is 11.4 Å². The van der Waals surface area contributed by atoms with Crippen molar-refractivity contribution in [2.45, 2.75) is 25.7 Å². The average Bonchev–Trinajstić information content (AvgIpc) is 3.24. The fraction of sp³-hybridized carbons (Fsp3) is 0.429. The van der Waals surface area contributed by atoms with Crippen LogP contribution in [0.25, 0.3) is 0 Å². The predicted octanol–water partition coefficient (Wildman–Crippen LogP) is 2.40. The van der Waals surface area contributed by atoms with Crippen molar-refractivity contribution in [2.24, 2.45) is 11.1 Å². The Kier molecular flexibility index (Phi) is 2.78. The van der Waals surface area contributed by atoms with E-state index in [2.05, 4.69) is 5.16 Å². The summed E-state index contributed by atoms with van der Waals surface area (Å²) in [7, 11) is 0. The van der Waals surface area contributed by atoms with E-state index in [9.17, 15) is 4.79 Å². The SMILES string of the molecule is O=C(C1CC1)N1CCC/C(=N/O)c2ccccc21. The van der Waals surface area contributed by atoms with Gasteiger partial charge in [0, 0.05) is 18.0 Å². The van der Waals surface area contributed by atoms with Crippen molar-refractivity contribution in [3.63, 3.8) is 0 Å². The zero-order valence-corrected chi connectivity index (χ0v) is 10.2. The van der Waals surface area contributed by atoms with Crippen molar-refractivity contribution in [1.82, 2.24) is 0 Å². The van der Waals surface area contributed by atoms with Crippen molar-refractivity contribution < 1.29 is 10.0 Å². The van der Waals surface area contributed by atoms with Crippen LogP contribution in [0.3, 0.4) is 0 Å². The molecule has 1 heterocycles. The van der Waals surface area contributed by atoms with Crippen molar-refractivity contribution in [3.05, 3.63) is 29.8 Å². The summed E-state index contributed by atoms with van der Waals surface area (Å²) in [6.07, 6.45) is 3.57. The molecule has 2 aliphatic rings. The molecule has 1 aromatic carbocycles. The molecule has 4 nitrogen and oxygen atoms in total. The molecule has 0 saturated heterocycles. The molecule has 18 heavy (non-hydrogen) atoms. The second-order valence-corrected chi connectivity index (χ2v) is 4.93. The molecule has 3 rings (SSSR count). The zero-order valence-electron chi connectivity index (χ0n) is 10.2. The third-order valence-corrected chi connectivity index (χ3v) is 3.61. The van der Waals surface area contributed by atoms with Crippen LogP contribution in [0.2, 0.25) is 0 Å². The zero-order chi connectivity index (χ0) is 12.5. The van der Waals surface area contributed by atoms with Crippen molar-refractivity contribution in [3.8, 4) is 0 Å². The van der Waals surface area contributed by atoms with Gasteiger partial charge in [-0.25, -0.2) is 0 Å². The minimum Gasteiger partial charge on any atom is -0.411 e. The highest BCUT2D eigenvalue weighted by Gasteiger charge is 2.35. The van der Waals surface area contributed by atoms with Crippen LogP contribution in [-0.4, -0.2) is 23.4 Å². The largest absolute Gasteiger partial charge is 0.411 e. The van der Waals surface area contributed by atoms with Gasteiger partial charge in [0.05, 0.1) is 11.4 Å². The van der Waals surface area contributed by atoms with E-state index in [1.165, 1.54) is 0 Å². The average molecular weight is 244 g/mol. The van der Waals surface area contributed by atoms with E-state index in [0.29, 0.717) is 18.7 Å². The topological polar surface area (TPSA) is 52.9 Å². The number of rotatable bonds is 1. The Hall–Kier alpha value is -1.84. The minimum absolute atomic E-state index is 0.214. The maximum Gasteiger partial charge on any atom is 0.230 e. The predicted molar refractivity (Wildman–Crippen MR) is 69.1 cm³/mol. The van der Waals surface area contributed by atoms with Gasteiger partial charge in [0.25, 0.3) is 0 Å². The molecular weight excluding hydrogens is 228 g/mol. The van der Waals surface area contributed by atoms with E-state index in [1.807, 2.05) is 29.2 Å². The summed E-state index contributed by atoms with van der Waals surface area (Å²) in [6, 6.07) is 7.69. The first kappa shape index (κ1) is 11.3. The molecule has 1 amide bonds. The van der Waals surface area contributed by atoms with Gasteiger partial charge in [-0.1, -0.05) is 23.4 Å². The molecule has 0 bridgehead atoms. The number of anilines is 1. The molecular formula is C14H16N2O2. The number of benzene rings is 1. The Labute approximate surface area is 106 Å². The first-order chi connectivity index (χ1) is 8.81. The highest BCUT2D eigenvalue weighted by atomic mass is 16.4. The standard InChI is InChI=1S/C14H16N2O2/c17-14(10-7-8-10)16-9-3-5-12(15-18)11-4-1-2-6-13(11)16/h1-2,4,6,10,18H,3,5,7-9H2/b15-12-. The van der Waals surface area contributed by atoms with Gasteiger partial charge in [-0.05, 0) is 31.7 Å². The third-order valence-electron chi connectivity index (χ3n) is 3.61. The van der Waals surface area contributed by atoms with Gasteiger partial charge in [0.15, 0.2) is 0 Å². The number of nitrogens with zero attached hydrogens (tertiary/aromatic N) is 2. The van der Waals surface area contributed by atoms with Crippen LogP contribution in [0.1, 0.15) is 31.2 Å². The van der Waals surface area contributed by atoms with Crippen LogP contribution in [0, 0.1) is 5.92 Å². The molecule has 1 saturated carbocycles. The Bertz CT molecular complexity index is 506. The lowest BCUT2D eigenvalue weighted by Crippen LogP contribution is -2.32. The molecule has 1 fully saturated rings. The Morgan fingerprint density at radius 3 is 2.83 bits per heavy atom. The third kappa shape index (κ3) is 1.88. The van der Waals surface area contributed by atoms with Crippen LogP contribution in [-0.2, 0) is 4.79 Å². The molecule has 0 radical (unpaired) electrons. The van der Waals surface area contributed by atoms with Gasteiger partial charge in [-0.3, -0.25) is 4.79 Å². The first-order valence-electron chi connectivity index (χ1n) is 6.43. The number of amides is 1. The van der Waals surface area contributed by atoms with E-state index in [-0.39, 0.29) is 11.8 Å². The van der Waals surface area contributed by atoms with Gasteiger partial charge in [-0.15, -0.1) is 0 Å². The molecule has 1 N–H and O–H groups in total. The van der Waals surface area contributed by atoms with E-state index >= 15 is 0 Å². The smallest absolute Gasteiger partial charge is 0.230 e. The van der Waals surface area contributed by atoms with Crippen LogP contribution < -0.4 is 4.90 Å². The highest BCUT2D eigenvalue weighted by Crippen LogP contribution is 2.35. The van der Waals surface area contributed by atoms with Crippen LogP contribution in [0.4, 0.5) is 5.69 Å². The van der Waals surface area contributed by atoms with E-state index < -0.39 is 0 Å². The van der Waals surface area contributed by atoms with Crippen molar-refractivity contribution >= 4 is 17.3 Å². The minimum atomic E-state index is 0.214. The summed E-state index contributed by atoms with van der Waals surface area (Å²) in [6.45, 7) is 0.714. The van der Waals surface area contributed by atoms with Crippen LogP contribution in [0.15, 0.2) is 29.4 Å². The molecule has 4 heteroatoms. The molecule has 0 spiro atoms. The summed E-state index contributed by atoms with van der Waals surface area (Å²) in [4.78, 5) is 14.2. The highest BCUT2D eigenvalue weighted by molar-refractivity contribution is 6.09. The lowest BCUT2D eigenvalue weighted by molar-refractivity contribution is -0.119. The Morgan fingerprint density at radius 2 is 2.11 bits per heavy atom. The van der Waals surface area contributed by atoms with Gasteiger partial charge >= 0.3 is 0 Å². The molecule has 0 atom stereocenters. The second kappa shape index (κ2) is 4.44. The summed E-state index contributed by atoms with van der Waals surface area (Å²) in [5.74, 6) is 0.437. The van der Waals surface area contributed by atoms with E-state index in [1.54, 1.807) is 0 Å². The maximum atomic E-state index is 12.3. The van der Waals surface area contributed by atoms with Crippen LogP contribution >= 0.6 is 0 Å². The Balaban J connectivity index is 2.03. The van der Waals surface area contributed by atoms with Gasteiger partial charge in [-0.2, -0.15) is 0 Å². The lowest BCUT2D eigenvalue weighted by Gasteiger charge is -2.22. The maximum absolute atomic E-state index is 12.3. The van der Waals surface area contributed by atoms with E-state index in [4.69, 9.17) is 5.21 Å². The molecule has 0 aromatic heterocycles. The lowest BCUT2D eigenvalue weighted by atomic mass is 10.1. The molecule has 1 aliphatic heterocycles. The second-order valence-electron chi connectivity index (χ2n) is 4.93. The molecule has 1 aliphatic carbocycles. The number of carbonyl (C=O) groups is 1. The van der Waals surface area contributed by atoms with Gasteiger partial charge in [0.1, 0.15) is 0 Å². The number of oxime groups is 1. The fourth-order valence-electron chi connectivity index (χ4n) is 2.50. The summed E-state index contributed by atoms with van der Waals surface area (Å²) < 4.78 is 0. The first-order valence-corrected chi connectivity index (χ1v) is 6.43. The number of para-hydroxylation sites is 1. The van der Waals surface area contributed by atoms with Crippen LogP contribution in [0.5, 0.6) is 0 Å². The molecule has 1 aromatic rings.